The molecule has 0 fully saturated rings. The zero-order chi connectivity index (χ0) is 9.56. The van der Waals surface area contributed by atoms with E-state index in [1.165, 1.54) is 0 Å². The molecule has 12 heavy (non-hydrogen) atoms. The van der Waals surface area contributed by atoms with Crippen LogP contribution in [0.25, 0.3) is 0 Å². The summed E-state index contributed by atoms with van der Waals surface area (Å²) in [7, 11) is 0. The summed E-state index contributed by atoms with van der Waals surface area (Å²) in [4.78, 5) is 10.9. The molecule has 0 aromatic carbocycles. The lowest BCUT2D eigenvalue weighted by Crippen LogP contribution is -2.22. The van der Waals surface area contributed by atoms with Crippen molar-refractivity contribution in [3.8, 4) is 0 Å². The number of alkyl halides is 1. The van der Waals surface area contributed by atoms with E-state index < -0.39 is 0 Å². The molecular formula is C9H15IO2. The minimum absolute atomic E-state index is 0.00901. The van der Waals surface area contributed by atoms with Crippen LogP contribution in [0.15, 0.2) is 12.7 Å². The molecule has 2 atom stereocenters. The molecule has 2 nitrogen and oxygen atoms in total. The van der Waals surface area contributed by atoms with Gasteiger partial charge in [-0.3, -0.25) is 4.79 Å². The summed E-state index contributed by atoms with van der Waals surface area (Å²) in [5.41, 5.74) is 0. The zero-order valence-electron chi connectivity index (χ0n) is 7.55. The first-order valence-corrected chi connectivity index (χ1v) is 5.50. The highest BCUT2D eigenvalue weighted by Crippen LogP contribution is 2.12. The lowest BCUT2D eigenvalue weighted by Gasteiger charge is -2.18. The molecule has 3 heteroatoms. The maximum Gasteiger partial charge on any atom is 0.316 e. The predicted octanol–water partition coefficient (Wildman–Crippen LogP) is 2.57. The van der Waals surface area contributed by atoms with Gasteiger partial charge in [0.05, 0.1) is 4.43 Å². The number of esters is 1. The minimum Gasteiger partial charge on any atom is -0.462 e. The predicted molar refractivity (Wildman–Crippen MR) is 58.4 cm³/mol. The Morgan fingerprint density at radius 1 is 1.67 bits per heavy atom. The molecule has 0 heterocycles. The average Bonchev–Trinajstić information content (AvgIpc) is 2.04. The Kier molecular flexibility index (Phi) is 6.42. The van der Waals surface area contributed by atoms with Crippen LogP contribution in [-0.4, -0.2) is 16.5 Å². The number of halogens is 1. The van der Waals surface area contributed by atoms with Crippen LogP contribution in [0.4, 0.5) is 0 Å². The quantitative estimate of drug-likeness (QED) is 0.335. The largest absolute Gasteiger partial charge is 0.462 e. The van der Waals surface area contributed by atoms with E-state index in [1.54, 1.807) is 0 Å². The maximum absolute atomic E-state index is 10.9. The van der Waals surface area contributed by atoms with Crippen molar-refractivity contribution in [2.75, 3.05) is 4.43 Å². The van der Waals surface area contributed by atoms with Crippen molar-refractivity contribution in [2.45, 2.75) is 26.4 Å². The lowest BCUT2D eigenvalue weighted by atomic mass is 10.0. The lowest BCUT2D eigenvalue weighted by molar-refractivity contribution is -0.146. The molecule has 0 aromatic rings. The average molecular weight is 282 g/mol. The Balaban J connectivity index is 3.77. The smallest absolute Gasteiger partial charge is 0.316 e. The van der Waals surface area contributed by atoms with Crippen LogP contribution in [0.2, 0.25) is 0 Å². The topological polar surface area (TPSA) is 26.3 Å². The summed E-state index contributed by atoms with van der Waals surface area (Å²) in [6, 6.07) is 0. The van der Waals surface area contributed by atoms with Crippen molar-refractivity contribution < 1.29 is 9.53 Å². The monoisotopic (exact) mass is 282 g/mol. The summed E-state index contributed by atoms with van der Waals surface area (Å²) in [6.07, 6.45) is 2.72. The fraction of sp³-hybridized carbons (Fsp3) is 0.667. The molecule has 70 valence electrons. The number of allylic oxidation sites excluding steroid dienone is 1. The first kappa shape index (κ1) is 11.9. The molecule has 0 spiro atoms. The Hall–Kier alpha value is -0.0600. The van der Waals surface area contributed by atoms with E-state index in [4.69, 9.17) is 4.74 Å². The Bertz CT molecular complexity index is 157. The molecule has 0 aliphatic heterocycles. The van der Waals surface area contributed by atoms with Gasteiger partial charge < -0.3 is 4.74 Å². The van der Waals surface area contributed by atoms with E-state index in [-0.39, 0.29) is 12.1 Å². The third-order valence-electron chi connectivity index (χ3n) is 1.77. The van der Waals surface area contributed by atoms with Gasteiger partial charge in [-0.15, -0.1) is 6.58 Å². The standard InChI is InChI=1S/C9H15IO2/c1-4-5-7(2)8(3)12-9(11)6-10/h4,7-8H,1,5-6H2,2-3H3/t7-,8+/m1/s1. The first-order valence-electron chi connectivity index (χ1n) is 3.98. The van der Waals surface area contributed by atoms with Gasteiger partial charge in [-0.25, -0.2) is 0 Å². The fourth-order valence-corrected chi connectivity index (χ4v) is 0.989. The molecule has 0 bridgehead atoms. The molecule has 0 aliphatic carbocycles. The molecule has 0 N–H and O–H groups in total. The van der Waals surface area contributed by atoms with E-state index >= 15 is 0 Å². The highest BCUT2D eigenvalue weighted by Gasteiger charge is 2.14. The molecule has 0 radical (unpaired) electrons. The minimum atomic E-state index is -0.140. The van der Waals surface area contributed by atoms with Gasteiger partial charge in [-0.05, 0) is 19.3 Å². The van der Waals surface area contributed by atoms with E-state index in [0.29, 0.717) is 10.3 Å². The van der Waals surface area contributed by atoms with Crippen molar-refractivity contribution in [2.24, 2.45) is 5.92 Å². The van der Waals surface area contributed by atoms with E-state index in [1.807, 2.05) is 42.5 Å². The zero-order valence-corrected chi connectivity index (χ0v) is 9.71. The number of hydrogen-bond donors (Lipinski definition) is 0. The van der Waals surface area contributed by atoms with Crippen molar-refractivity contribution in [3.05, 3.63) is 12.7 Å². The normalized spacial score (nSPS) is 14.9. The van der Waals surface area contributed by atoms with Crippen molar-refractivity contribution in [1.82, 2.24) is 0 Å². The van der Waals surface area contributed by atoms with Gasteiger partial charge in [0.1, 0.15) is 6.10 Å². The third kappa shape index (κ3) is 4.74. The highest BCUT2D eigenvalue weighted by molar-refractivity contribution is 14.1. The molecule has 0 saturated carbocycles. The van der Waals surface area contributed by atoms with Gasteiger partial charge in [0.15, 0.2) is 0 Å². The van der Waals surface area contributed by atoms with Gasteiger partial charge in [0.25, 0.3) is 0 Å². The Labute approximate surface area is 87.5 Å². The van der Waals surface area contributed by atoms with E-state index in [0.717, 1.165) is 6.42 Å². The second kappa shape index (κ2) is 6.46. The number of carbonyl (C=O) groups excluding carboxylic acids is 1. The fourth-order valence-electron chi connectivity index (χ4n) is 0.810. The van der Waals surface area contributed by atoms with Crippen LogP contribution in [0, 0.1) is 5.92 Å². The Morgan fingerprint density at radius 3 is 2.67 bits per heavy atom. The van der Waals surface area contributed by atoms with Crippen molar-refractivity contribution in [3.63, 3.8) is 0 Å². The first-order chi connectivity index (χ1) is 5.61. The van der Waals surface area contributed by atoms with Gasteiger partial charge in [-0.2, -0.15) is 0 Å². The number of rotatable bonds is 5. The van der Waals surface area contributed by atoms with Crippen LogP contribution in [0.3, 0.4) is 0 Å². The number of carbonyl (C=O) groups is 1. The summed E-state index contributed by atoms with van der Waals surface area (Å²) < 4.78 is 5.54. The van der Waals surface area contributed by atoms with Crippen LogP contribution in [-0.2, 0) is 9.53 Å². The molecule has 0 saturated heterocycles. The van der Waals surface area contributed by atoms with Crippen LogP contribution in [0.1, 0.15) is 20.3 Å². The highest BCUT2D eigenvalue weighted by atomic mass is 127. The third-order valence-corrected chi connectivity index (χ3v) is 2.39. The van der Waals surface area contributed by atoms with Crippen LogP contribution in [0.5, 0.6) is 0 Å². The van der Waals surface area contributed by atoms with E-state index in [9.17, 15) is 4.79 Å². The summed E-state index contributed by atoms with van der Waals surface area (Å²) in [5, 5.41) is 0. The van der Waals surface area contributed by atoms with Crippen molar-refractivity contribution >= 4 is 28.6 Å². The number of ether oxygens (including phenoxy) is 1. The number of hydrogen-bond acceptors (Lipinski definition) is 2. The summed E-state index contributed by atoms with van der Waals surface area (Å²) in [5.74, 6) is 0.216. The van der Waals surface area contributed by atoms with Gasteiger partial charge in [0, 0.05) is 0 Å². The second-order valence-corrected chi connectivity index (χ2v) is 3.59. The Morgan fingerprint density at radius 2 is 2.25 bits per heavy atom. The van der Waals surface area contributed by atoms with Crippen molar-refractivity contribution in [1.29, 1.82) is 0 Å². The summed E-state index contributed by atoms with van der Waals surface area (Å²) in [6.45, 7) is 7.60. The van der Waals surface area contributed by atoms with E-state index in [2.05, 4.69) is 6.58 Å². The SMILES string of the molecule is C=CC[C@@H](C)[C@H](C)OC(=O)CI. The molecule has 0 amide bonds. The van der Waals surface area contributed by atoms with Gasteiger partial charge in [0.2, 0.25) is 0 Å². The molecule has 0 aromatic heterocycles. The van der Waals surface area contributed by atoms with Gasteiger partial charge in [-0.1, -0.05) is 35.6 Å². The summed E-state index contributed by atoms with van der Waals surface area (Å²) >= 11 is 2.00. The van der Waals surface area contributed by atoms with Gasteiger partial charge >= 0.3 is 5.97 Å². The molecule has 0 aliphatic rings. The van der Waals surface area contributed by atoms with Crippen LogP contribution < -0.4 is 0 Å². The van der Waals surface area contributed by atoms with Crippen LogP contribution >= 0.6 is 22.6 Å². The second-order valence-electron chi connectivity index (χ2n) is 2.83. The maximum atomic E-state index is 10.9. The molecular weight excluding hydrogens is 267 g/mol. The molecule has 0 unspecified atom stereocenters. The molecule has 0 rings (SSSR count).